The maximum atomic E-state index is 13.4. The number of thiocarbonyl (C=S) groups is 1. The first-order chi connectivity index (χ1) is 9.88. The second-order valence-electron chi connectivity index (χ2n) is 4.48. The summed E-state index contributed by atoms with van der Waals surface area (Å²) in [5.41, 5.74) is 7.77. The molecule has 21 heavy (non-hydrogen) atoms. The van der Waals surface area contributed by atoms with Crippen molar-refractivity contribution in [2.24, 2.45) is 5.73 Å². The van der Waals surface area contributed by atoms with Crippen LogP contribution in [0.4, 0.5) is 10.1 Å². The predicted octanol–water partition coefficient (Wildman–Crippen LogP) is 3.78. The molecule has 6 heteroatoms. The maximum absolute atomic E-state index is 13.4. The zero-order valence-corrected chi connectivity index (χ0v) is 13.5. The van der Waals surface area contributed by atoms with Gasteiger partial charge in [0.05, 0.1) is 4.47 Å². The van der Waals surface area contributed by atoms with Crippen LogP contribution in [0.2, 0.25) is 0 Å². The number of halogens is 2. The Morgan fingerprint density at radius 1 is 1.29 bits per heavy atom. The number of hydrogen-bond donors (Lipinski definition) is 2. The highest BCUT2D eigenvalue weighted by atomic mass is 79.9. The van der Waals surface area contributed by atoms with Gasteiger partial charge in [-0.15, -0.1) is 0 Å². The van der Waals surface area contributed by atoms with Crippen LogP contribution in [0.25, 0.3) is 0 Å². The topological polar surface area (TPSA) is 55.1 Å². The summed E-state index contributed by atoms with van der Waals surface area (Å²) in [5.74, 6) is -0.685. The van der Waals surface area contributed by atoms with Crippen molar-refractivity contribution in [1.29, 1.82) is 0 Å². The second kappa shape index (κ2) is 6.32. The minimum Gasteiger partial charge on any atom is -0.389 e. The van der Waals surface area contributed by atoms with E-state index in [1.54, 1.807) is 31.2 Å². The zero-order chi connectivity index (χ0) is 15.6. The number of hydrogen-bond acceptors (Lipinski definition) is 2. The van der Waals surface area contributed by atoms with Gasteiger partial charge in [0.15, 0.2) is 0 Å². The number of nitrogens with one attached hydrogen (secondary N) is 1. The fourth-order valence-electron chi connectivity index (χ4n) is 1.79. The molecule has 3 N–H and O–H groups in total. The molecular formula is C15H12BrFN2OS. The van der Waals surface area contributed by atoms with E-state index in [-0.39, 0.29) is 16.7 Å². The normalized spacial score (nSPS) is 10.2. The number of aryl methyl sites for hydroxylation is 1. The van der Waals surface area contributed by atoms with Crippen LogP contribution in [0.1, 0.15) is 21.5 Å². The van der Waals surface area contributed by atoms with Gasteiger partial charge in [-0.25, -0.2) is 4.39 Å². The van der Waals surface area contributed by atoms with Crippen LogP contribution in [-0.4, -0.2) is 10.9 Å². The van der Waals surface area contributed by atoms with Crippen molar-refractivity contribution >= 4 is 44.7 Å². The molecule has 0 fully saturated rings. The lowest BCUT2D eigenvalue weighted by atomic mass is 10.1. The number of rotatable bonds is 3. The van der Waals surface area contributed by atoms with Gasteiger partial charge < -0.3 is 11.1 Å². The van der Waals surface area contributed by atoms with E-state index in [2.05, 4.69) is 21.2 Å². The van der Waals surface area contributed by atoms with Crippen LogP contribution in [0.5, 0.6) is 0 Å². The first-order valence-corrected chi connectivity index (χ1v) is 7.25. The van der Waals surface area contributed by atoms with Crippen molar-refractivity contribution in [1.82, 2.24) is 0 Å². The van der Waals surface area contributed by atoms with Crippen LogP contribution in [0, 0.1) is 12.7 Å². The van der Waals surface area contributed by atoms with Crippen molar-refractivity contribution < 1.29 is 9.18 Å². The molecule has 0 atom stereocenters. The molecule has 0 radical (unpaired) electrons. The Kier molecular flexibility index (Phi) is 4.69. The van der Waals surface area contributed by atoms with Gasteiger partial charge in [0.2, 0.25) is 0 Å². The molecule has 0 saturated heterocycles. The Hall–Kier alpha value is -1.79. The lowest BCUT2D eigenvalue weighted by Crippen LogP contribution is -2.15. The van der Waals surface area contributed by atoms with E-state index in [0.29, 0.717) is 26.9 Å². The molecule has 0 aliphatic rings. The van der Waals surface area contributed by atoms with Crippen molar-refractivity contribution in [2.45, 2.75) is 6.92 Å². The Labute approximate surface area is 135 Å². The summed E-state index contributed by atoms with van der Waals surface area (Å²) in [5, 5.41) is 2.74. The summed E-state index contributed by atoms with van der Waals surface area (Å²) in [6, 6.07) is 9.59. The van der Waals surface area contributed by atoms with Crippen LogP contribution in [0.3, 0.4) is 0 Å². The molecule has 0 aliphatic carbocycles. The Morgan fingerprint density at radius 3 is 2.62 bits per heavy atom. The van der Waals surface area contributed by atoms with Gasteiger partial charge in [-0.3, -0.25) is 4.79 Å². The lowest BCUT2D eigenvalue weighted by molar-refractivity contribution is 0.102. The molecule has 0 aliphatic heterocycles. The van der Waals surface area contributed by atoms with Gasteiger partial charge in [0, 0.05) is 16.8 Å². The van der Waals surface area contributed by atoms with Crippen LogP contribution >= 0.6 is 28.1 Å². The van der Waals surface area contributed by atoms with E-state index in [0.717, 1.165) is 0 Å². The minimum absolute atomic E-state index is 0.227. The van der Waals surface area contributed by atoms with Gasteiger partial charge >= 0.3 is 0 Å². The van der Waals surface area contributed by atoms with Gasteiger partial charge in [-0.05, 0) is 52.7 Å². The van der Waals surface area contributed by atoms with E-state index in [4.69, 9.17) is 18.0 Å². The van der Waals surface area contributed by atoms with Crippen LogP contribution in [-0.2, 0) is 0 Å². The quantitative estimate of drug-likeness (QED) is 0.812. The zero-order valence-electron chi connectivity index (χ0n) is 11.1. The number of carbonyl (C=O) groups is 1. The maximum Gasteiger partial charge on any atom is 0.255 e. The molecule has 1 amide bonds. The first kappa shape index (κ1) is 15.6. The minimum atomic E-state index is -0.374. The highest BCUT2D eigenvalue weighted by molar-refractivity contribution is 9.10. The largest absolute Gasteiger partial charge is 0.389 e. The molecule has 0 heterocycles. The third-order valence-corrected chi connectivity index (χ3v) is 3.77. The number of carbonyl (C=O) groups excluding carboxylic acids is 1. The molecule has 0 saturated carbocycles. The molecule has 108 valence electrons. The fourth-order valence-corrected chi connectivity index (χ4v) is 2.26. The summed E-state index contributed by atoms with van der Waals surface area (Å²) in [4.78, 5) is 12.5. The van der Waals surface area contributed by atoms with E-state index in [1.165, 1.54) is 12.1 Å². The summed E-state index contributed by atoms with van der Waals surface area (Å²) >= 11 is 7.99. The predicted molar refractivity (Wildman–Crippen MR) is 89.1 cm³/mol. The summed E-state index contributed by atoms with van der Waals surface area (Å²) in [7, 11) is 0. The third-order valence-electron chi connectivity index (χ3n) is 2.92. The number of anilines is 1. The molecule has 0 unspecified atom stereocenters. The van der Waals surface area contributed by atoms with E-state index in [9.17, 15) is 9.18 Å². The Balaban J connectivity index is 2.28. The van der Waals surface area contributed by atoms with E-state index < -0.39 is 0 Å². The monoisotopic (exact) mass is 366 g/mol. The van der Waals surface area contributed by atoms with E-state index >= 15 is 0 Å². The average Bonchev–Trinajstić information content (AvgIpc) is 2.44. The van der Waals surface area contributed by atoms with Crippen LogP contribution in [0.15, 0.2) is 40.9 Å². The van der Waals surface area contributed by atoms with Gasteiger partial charge in [0.1, 0.15) is 10.8 Å². The molecule has 0 bridgehead atoms. The van der Waals surface area contributed by atoms with Crippen molar-refractivity contribution in [3.63, 3.8) is 0 Å². The summed E-state index contributed by atoms with van der Waals surface area (Å²) in [6.45, 7) is 1.72. The second-order valence-corrected chi connectivity index (χ2v) is 5.77. The van der Waals surface area contributed by atoms with E-state index in [1.807, 2.05) is 0 Å². The molecule has 3 nitrogen and oxygen atoms in total. The highest BCUT2D eigenvalue weighted by Crippen LogP contribution is 2.24. The van der Waals surface area contributed by atoms with Crippen molar-refractivity contribution in [2.75, 3.05) is 5.32 Å². The SMILES string of the molecule is Cc1cc(F)c(Br)cc1NC(=O)c1cccc(C(N)=S)c1. The molecule has 0 spiro atoms. The van der Waals surface area contributed by atoms with Gasteiger partial charge in [-0.1, -0.05) is 24.4 Å². The third kappa shape index (κ3) is 3.65. The van der Waals surface area contributed by atoms with Crippen LogP contribution < -0.4 is 11.1 Å². The molecule has 2 rings (SSSR count). The average molecular weight is 367 g/mol. The number of amides is 1. The fraction of sp³-hybridized carbons (Fsp3) is 0.0667. The molecular weight excluding hydrogens is 355 g/mol. The molecule has 0 aromatic heterocycles. The molecule has 2 aromatic rings. The summed E-state index contributed by atoms with van der Waals surface area (Å²) < 4.78 is 13.7. The summed E-state index contributed by atoms with van der Waals surface area (Å²) in [6.07, 6.45) is 0. The number of benzene rings is 2. The van der Waals surface area contributed by atoms with Crippen molar-refractivity contribution in [3.05, 3.63) is 63.4 Å². The Morgan fingerprint density at radius 2 is 1.95 bits per heavy atom. The van der Waals surface area contributed by atoms with Crippen molar-refractivity contribution in [3.8, 4) is 0 Å². The lowest BCUT2D eigenvalue weighted by Gasteiger charge is -2.10. The van der Waals surface area contributed by atoms with Gasteiger partial charge in [-0.2, -0.15) is 0 Å². The standard InChI is InChI=1S/C15H12BrFN2OS/c1-8-5-12(17)11(16)7-13(8)19-15(20)10-4-2-3-9(6-10)14(18)21/h2-7H,1H3,(H2,18,21)(H,19,20). The highest BCUT2D eigenvalue weighted by Gasteiger charge is 2.11. The smallest absolute Gasteiger partial charge is 0.255 e. The first-order valence-electron chi connectivity index (χ1n) is 6.05. The van der Waals surface area contributed by atoms with Gasteiger partial charge in [0.25, 0.3) is 5.91 Å². The molecule has 2 aromatic carbocycles. The number of nitrogens with two attached hydrogens (primary N) is 1. The Bertz CT molecular complexity index is 734.